The lowest BCUT2D eigenvalue weighted by Gasteiger charge is -2.25. The van der Waals surface area contributed by atoms with E-state index in [-0.39, 0.29) is 5.82 Å². The largest absolute Gasteiger partial charge is 0.377 e. The number of halogens is 1. The predicted octanol–water partition coefficient (Wildman–Crippen LogP) is 3.40. The molecule has 4 heteroatoms. The van der Waals surface area contributed by atoms with Crippen molar-refractivity contribution >= 4 is 0 Å². The van der Waals surface area contributed by atoms with Crippen LogP contribution in [0.1, 0.15) is 24.0 Å². The SMILES string of the molecule is Fc1ccc(CN(Cc2ccncc2)C[C@@H]2CCCO2)cc1. The molecule has 0 radical (unpaired) electrons. The van der Waals surface area contributed by atoms with Gasteiger partial charge in [-0.3, -0.25) is 9.88 Å². The van der Waals surface area contributed by atoms with Gasteiger partial charge in [-0.15, -0.1) is 0 Å². The molecule has 1 aliphatic rings. The first kappa shape index (κ1) is 15.1. The third kappa shape index (κ3) is 4.36. The van der Waals surface area contributed by atoms with Gasteiger partial charge in [-0.25, -0.2) is 4.39 Å². The summed E-state index contributed by atoms with van der Waals surface area (Å²) in [6.07, 6.45) is 6.21. The van der Waals surface area contributed by atoms with E-state index < -0.39 is 0 Å². The van der Waals surface area contributed by atoms with Crippen molar-refractivity contribution in [2.24, 2.45) is 0 Å². The number of benzene rings is 1. The Labute approximate surface area is 130 Å². The second kappa shape index (κ2) is 7.47. The quantitative estimate of drug-likeness (QED) is 0.817. The van der Waals surface area contributed by atoms with Crippen LogP contribution in [0.2, 0.25) is 0 Å². The molecule has 3 rings (SSSR count). The molecule has 116 valence electrons. The fourth-order valence-electron chi connectivity index (χ4n) is 2.86. The molecule has 1 aliphatic heterocycles. The first-order chi connectivity index (χ1) is 10.8. The van der Waals surface area contributed by atoms with Crippen molar-refractivity contribution in [3.63, 3.8) is 0 Å². The van der Waals surface area contributed by atoms with Crippen LogP contribution in [-0.4, -0.2) is 29.1 Å². The van der Waals surface area contributed by atoms with Crippen LogP contribution in [0.5, 0.6) is 0 Å². The van der Waals surface area contributed by atoms with Crippen LogP contribution in [0.15, 0.2) is 48.8 Å². The van der Waals surface area contributed by atoms with E-state index in [2.05, 4.69) is 9.88 Å². The number of hydrogen-bond donors (Lipinski definition) is 0. The molecule has 2 aromatic rings. The van der Waals surface area contributed by atoms with Gasteiger partial charge in [-0.2, -0.15) is 0 Å². The number of hydrogen-bond acceptors (Lipinski definition) is 3. The lowest BCUT2D eigenvalue weighted by Crippen LogP contribution is -2.31. The minimum absolute atomic E-state index is 0.191. The number of pyridine rings is 1. The average molecular weight is 300 g/mol. The average Bonchev–Trinajstić information content (AvgIpc) is 3.03. The zero-order chi connectivity index (χ0) is 15.2. The van der Waals surface area contributed by atoms with Gasteiger partial charge in [0.1, 0.15) is 5.82 Å². The van der Waals surface area contributed by atoms with Crippen molar-refractivity contribution in [1.29, 1.82) is 0 Å². The van der Waals surface area contributed by atoms with Gasteiger partial charge in [0.15, 0.2) is 0 Å². The third-order valence-corrected chi connectivity index (χ3v) is 3.96. The smallest absolute Gasteiger partial charge is 0.123 e. The summed E-state index contributed by atoms with van der Waals surface area (Å²) in [6, 6.07) is 10.8. The third-order valence-electron chi connectivity index (χ3n) is 3.96. The first-order valence-electron chi connectivity index (χ1n) is 7.77. The Morgan fingerprint density at radius 2 is 1.73 bits per heavy atom. The lowest BCUT2D eigenvalue weighted by molar-refractivity contribution is 0.0679. The predicted molar refractivity (Wildman–Crippen MR) is 83.7 cm³/mol. The Kier molecular flexibility index (Phi) is 5.14. The molecule has 0 bridgehead atoms. The van der Waals surface area contributed by atoms with Gasteiger partial charge in [0.2, 0.25) is 0 Å². The van der Waals surface area contributed by atoms with Crippen LogP contribution in [-0.2, 0) is 17.8 Å². The molecule has 1 aromatic carbocycles. The Balaban J connectivity index is 1.68. The van der Waals surface area contributed by atoms with Crippen LogP contribution >= 0.6 is 0 Å². The zero-order valence-electron chi connectivity index (χ0n) is 12.6. The second-order valence-electron chi connectivity index (χ2n) is 5.79. The van der Waals surface area contributed by atoms with Gasteiger partial charge in [0.05, 0.1) is 6.10 Å². The Hall–Kier alpha value is -1.78. The number of nitrogens with zero attached hydrogens (tertiary/aromatic N) is 2. The fourth-order valence-corrected chi connectivity index (χ4v) is 2.86. The van der Waals surface area contributed by atoms with E-state index in [0.717, 1.165) is 44.6 Å². The molecule has 0 aliphatic carbocycles. The summed E-state index contributed by atoms with van der Waals surface area (Å²) in [6.45, 7) is 3.41. The van der Waals surface area contributed by atoms with E-state index in [1.54, 1.807) is 0 Å². The Morgan fingerprint density at radius 1 is 1.05 bits per heavy atom. The van der Waals surface area contributed by atoms with Crippen molar-refractivity contribution in [1.82, 2.24) is 9.88 Å². The molecule has 1 aromatic heterocycles. The second-order valence-corrected chi connectivity index (χ2v) is 5.79. The molecule has 1 saturated heterocycles. The summed E-state index contributed by atoms with van der Waals surface area (Å²) in [5, 5.41) is 0. The van der Waals surface area contributed by atoms with Gasteiger partial charge in [-0.05, 0) is 48.2 Å². The summed E-state index contributed by atoms with van der Waals surface area (Å²) in [5.41, 5.74) is 2.35. The summed E-state index contributed by atoms with van der Waals surface area (Å²) >= 11 is 0. The molecule has 1 atom stereocenters. The first-order valence-corrected chi connectivity index (χ1v) is 7.77. The number of aromatic nitrogens is 1. The molecule has 3 nitrogen and oxygen atoms in total. The minimum atomic E-state index is -0.191. The van der Waals surface area contributed by atoms with Gasteiger partial charge in [-0.1, -0.05) is 12.1 Å². The normalized spacial score (nSPS) is 18.0. The van der Waals surface area contributed by atoms with E-state index in [1.165, 1.54) is 17.7 Å². The van der Waals surface area contributed by atoms with Gasteiger partial charge < -0.3 is 4.74 Å². The summed E-state index contributed by atoms with van der Waals surface area (Å²) in [5.74, 6) is -0.191. The van der Waals surface area contributed by atoms with E-state index in [9.17, 15) is 4.39 Å². The highest BCUT2D eigenvalue weighted by molar-refractivity contribution is 5.16. The lowest BCUT2D eigenvalue weighted by atomic mass is 10.1. The maximum Gasteiger partial charge on any atom is 0.123 e. The molecule has 2 heterocycles. The Bertz CT molecular complexity index is 567. The van der Waals surface area contributed by atoms with Crippen LogP contribution in [0.3, 0.4) is 0 Å². The standard InChI is InChI=1S/C18H21FN2O/c19-17-5-3-15(4-6-17)12-21(14-18-2-1-11-22-18)13-16-7-9-20-10-8-16/h3-10,18H,1-2,11-14H2/t18-/m0/s1. The van der Waals surface area contributed by atoms with Crippen molar-refractivity contribution in [2.45, 2.75) is 32.0 Å². The molecule has 0 saturated carbocycles. The minimum Gasteiger partial charge on any atom is -0.377 e. The van der Waals surface area contributed by atoms with E-state index in [4.69, 9.17) is 4.74 Å². The van der Waals surface area contributed by atoms with Gasteiger partial charge >= 0.3 is 0 Å². The van der Waals surface area contributed by atoms with Crippen molar-refractivity contribution < 1.29 is 9.13 Å². The topological polar surface area (TPSA) is 25.4 Å². The van der Waals surface area contributed by atoms with Crippen LogP contribution in [0.4, 0.5) is 4.39 Å². The molecule has 0 unspecified atom stereocenters. The van der Waals surface area contributed by atoms with Crippen LogP contribution in [0.25, 0.3) is 0 Å². The zero-order valence-corrected chi connectivity index (χ0v) is 12.6. The molecule has 22 heavy (non-hydrogen) atoms. The monoisotopic (exact) mass is 300 g/mol. The number of ether oxygens (including phenoxy) is 1. The highest BCUT2D eigenvalue weighted by Gasteiger charge is 2.19. The maximum absolute atomic E-state index is 13.1. The summed E-state index contributed by atoms with van der Waals surface area (Å²) in [4.78, 5) is 6.42. The molecular weight excluding hydrogens is 279 g/mol. The molecular formula is C18H21FN2O. The number of rotatable bonds is 6. The van der Waals surface area contributed by atoms with E-state index >= 15 is 0 Å². The molecule has 1 fully saturated rings. The van der Waals surface area contributed by atoms with E-state index in [1.807, 2.05) is 36.7 Å². The molecule has 0 spiro atoms. The summed E-state index contributed by atoms with van der Waals surface area (Å²) < 4.78 is 18.8. The fraction of sp³-hybridized carbons (Fsp3) is 0.389. The Morgan fingerprint density at radius 3 is 2.36 bits per heavy atom. The highest BCUT2D eigenvalue weighted by atomic mass is 19.1. The highest BCUT2D eigenvalue weighted by Crippen LogP contribution is 2.17. The van der Waals surface area contributed by atoms with E-state index in [0.29, 0.717) is 6.10 Å². The molecule has 0 N–H and O–H groups in total. The van der Waals surface area contributed by atoms with Crippen molar-refractivity contribution in [2.75, 3.05) is 13.2 Å². The molecule has 0 amide bonds. The van der Waals surface area contributed by atoms with Crippen LogP contribution in [0, 0.1) is 5.82 Å². The van der Waals surface area contributed by atoms with Crippen LogP contribution < -0.4 is 0 Å². The van der Waals surface area contributed by atoms with Crippen molar-refractivity contribution in [3.05, 3.63) is 65.7 Å². The van der Waals surface area contributed by atoms with Crippen molar-refractivity contribution in [3.8, 4) is 0 Å². The van der Waals surface area contributed by atoms with Gasteiger partial charge in [0.25, 0.3) is 0 Å². The summed E-state index contributed by atoms with van der Waals surface area (Å²) in [7, 11) is 0. The maximum atomic E-state index is 13.1. The van der Waals surface area contributed by atoms with Gasteiger partial charge in [0, 0.05) is 38.6 Å².